The smallest absolute Gasteiger partial charge is 0.227 e. The molecule has 122 valence electrons. The van der Waals surface area contributed by atoms with Crippen molar-refractivity contribution in [2.45, 2.75) is 46.6 Å². The zero-order valence-corrected chi connectivity index (χ0v) is 14.4. The number of nitrogens with two attached hydrogens (primary N) is 1. The first-order valence-corrected chi connectivity index (χ1v) is 8.40. The molecule has 3 heteroatoms. The van der Waals surface area contributed by atoms with Crippen molar-refractivity contribution >= 4 is 5.91 Å². The van der Waals surface area contributed by atoms with Crippen molar-refractivity contribution in [1.82, 2.24) is 4.90 Å². The Balaban J connectivity index is 1.95. The Morgan fingerprint density at radius 2 is 1.73 bits per heavy atom. The van der Waals surface area contributed by atoms with E-state index in [9.17, 15) is 4.79 Å². The third-order valence-electron chi connectivity index (χ3n) is 5.14. The molecule has 1 fully saturated rings. The molecule has 2 unspecified atom stereocenters. The summed E-state index contributed by atoms with van der Waals surface area (Å²) in [5.74, 6) is 0.729. The van der Waals surface area contributed by atoms with Gasteiger partial charge in [0.05, 0.1) is 5.92 Å². The third-order valence-corrected chi connectivity index (χ3v) is 5.14. The Kier molecular flexibility index (Phi) is 5.28. The number of carbonyl (C=O) groups excluding carboxylic acids is 1. The maximum Gasteiger partial charge on any atom is 0.227 e. The highest BCUT2D eigenvalue weighted by molar-refractivity contribution is 5.79. The van der Waals surface area contributed by atoms with E-state index in [0.29, 0.717) is 11.3 Å². The van der Waals surface area contributed by atoms with E-state index < -0.39 is 0 Å². The molecule has 0 saturated carbocycles. The molecule has 1 aliphatic heterocycles. The Morgan fingerprint density at radius 1 is 1.18 bits per heavy atom. The fourth-order valence-electron chi connectivity index (χ4n) is 3.37. The molecule has 1 aromatic carbocycles. The highest BCUT2D eigenvalue weighted by Gasteiger charge is 2.33. The van der Waals surface area contributed by atoms with E-state index in [0.717, 1.165) is 31.5 Å². The number of hydrogen-bond acceptors (Lipinski definition) is 2. The number of benzene rings is 1. The van der Waals surface area contributed by atoms with Gasteiger partial charge in [-0.1, -0.05) is 58.0 Å². The molecule has 3 nitrogen and oxygen atoms in total. The first-order valence-electron chi connectivity index (χ1n) is 8.40. The molecule has 0 bridgehead atoms. The second-order valence-electron chi connectivity index (χ2n) is 7.69. The van der Waals surface area contributed by atoms with Gasteiger partial charge >= 0.3 is 0 Å². The summed E-state index contributed by atoms with van der Waals surface area (Å²) in [5, 5.41) is 0. The summed E-state index contributed by atoms with van der Waals surface area (Å²) in [7, 11) is 0. The molecule has 2 atom stereocenters. The summed E-state index contributed by atoms with van der Waals surface area (Å²) in [6.07, 6.45) is 2.20. The summed E-state index contributed by atoms with van der Waals surface area (Å²) in [6, 6.07) is 9.69. The summed E-state index contributed by atoms with van der Waals surface area (Å²) < 4.78 is 0. The number of nitrogens with zero attached hydrogens (tertiary/aromatic N) is 1. The molecule has 1 amide bonds. The van der Waals surface area contributed by atoms with E-state index in [2.05, 4.69) is 20.8 Å². The van der Waals surface area contributed by atoms with Gasteiger partial charge in [0.25, 0.3) is 0 Å². The van der Waals surface area contributed by atoms with Crippen LogP contribution in [-0.2, 0) is 4.79 Å². The summed E-state index contributed by atoms with van der Waals surface area (Å²) in [4.78, 5) is 14.7. The van der Waals surface area contributed by atoms with Crippen LogP contribution in [-0.4, -0.2) is 23.9 Å². The number of rotatable bonds is 3. The van der Waals surface area contributed by atoms with Crippen LogP contribution in [0.3, 0.4) is 0 Å². The van der Waals surface area contributed by atoms with Crippen molar-refractivity contribution in [1.29, 1.82) is 0 Å². The normalized spacial score (nSPS) is 19.8. The fourth-order valence-corrected chi connectivity index (χ4v) is 3.37. The SMILES string of the molecule is CC(C(=O)N1CCC(C(C)(C)C)CC1)C(N)c1ccccc1. The Labute approximate surface area is 134 Å². The first kappa shape index (κ1) is 17.0. The minimum atomic E-state index is -0.228. The van der Waals surface area contributed by atoms with E-state index in [1.165, 1.54) is 0 Å². The fraction of sp³-hybridized carbons (Fsp3) is 0.632. The summed E-state index contributed by atoms with van der Waals surface area (Å²) >= 11 is 0. The summed E-state index contributed by atoms with van der Waals surface area (Å²) in [5.41, 5.74) is 7.66. The lowest BCUT2D eigenvalue weighted by Crippen LogP contribution is -2.45. The average molecular weight is 302 g/mol. The lowest BCUT2D eigenvalue weighted by atomic mass is 9.75. The Morgan fingerprint density at radius 3 is 2.23 bits per heavy atom. The maximum atomic E-state index is 12.7. The predicted molar refractivity (Wildman–Crippen MR) is 91.3 cm³/mol. The van der Waals surface area contributed by atoms with Crippen LogP contribution in [0.4, 0.5) is 0 Å². The van der Waals surface area contributed by atoms with E-state index >= 15 is 0 Å². The topological polar surface area (TPSA) is 46.3 Å². The lowest BCUT2D eigenvalue weighted by Gasteiger charge is -2.40. The molecule has 1 aliphatic rings. The number of amides is 1. The van der Waals surface area contributed by atoms with Crippen LogP contribution in [0.25, 0.3) is 0 Å². The molecule has 2 rings (SSSR count). The molecule has 0 aliphatic carbocycles. The second-order valence-corrected chi connectivity index (χ2v) is 7.69. The van der Waals surface area contributed by atoms with Gasteiger partial charge in [0, 0.05) is 19.1 Å². The van der Waals surface area contributed by atoms with Crippen molar-refractivity contribution in [2.24, 2.45) is 23.0 Å². The molecular formula is C19H30N2O. The average Bonchev–Trinajstić information content (AvgIpc) is 2.53. The zero-order valence-electron chi connectivity index (χ0n) is 14.4. The molecule has 0 aromatic heterocycles. The van der Waals surface area contributed by atoms with E-state index in [1.54, 1.807) is 0 Å². The maximum absolute atomic E-state index is 12.7. The molecule has 0 spiro atoms. The van der Waals surface area contributed by atoms with Gasteiger partial charge in [-0.25, -0.2) is 0 Å². The summed E-state index contributed by atoms with van der Waals surface area (Å²) in [6.45, 7) is 10.6. The Bertz CT molecular complexity index is 484. The van der Waals surface area contributed by atoms with Crippen LogP contribution in [0.5, 0.6) is 0 Å². The van der Waals surface area contributed by atoms with Gasteiger partial charge in [-0.05, 0) is 29.7 Å². The molecule has 0 radical (unpaired) electrons. The van der Waals surface area contributed by atoms with Crippen molar-refractivity contribution in [3.63, 3.8) is 0 Å². The van der Waals surface area contributed by atoms with Gasteiger partial charge in [0.1, 0.15) is 0 Å². The molecular weight excluding hydrogens is 272 g/mol. The molecule has 1 saturated heterocycles. The van der Waals surface area contributed by atoms with Gasteiger partial charge in [-0.3, -0.25) is 4.79 Å². The van der Waals surface area contributed by atoms with Gasteiger partial charge < -0.3 is 10.6 Å². The monoisotopic (exact) mass is 302 g/mol. The molecule has 2 N–H and O–H groups in total. The standard InChI is InChI=1S/C19H30N2O/c1-14(17(20)15-8-6-5-7-9-15)18(22)21-12-10-16(11-13-21)19(2,3)4/h5-9,14,16-17H,10-13,20H2,1-4H3. The third kappa shape index (κ3) is 3.89. The van der Waals surface area contributed by atoms with Crippen LogP contribution in [0.2, 0.25) is 0 Å². The van der Waals surface area contributed by atoms with Gasteiger partial charge in [-0.2, -0.15) is 0 Å². The van der Waals surface area contributed by atoms with Crippen LogP contribution >= 0.6 is 0 Å². The van der Waals surface area contributed by atoms with Crippen molar-refractivity contribution in [3.8, 4) is 0 Å². The number of hydrogen-bond donors (Lipinski definition) is 1. The number of likely N-dealkylation sites (tertiary alicyclic amines) is 1. The minimum Gasteiger partial charge on any atom is -0.342 e. The first-order chi connectivity index (χ1) is 10.3. The Hall–Kier alpha value is -1.35. The van der Waals surface area contributed by atoms with Crippen LogP contribution in [0.1, 0.15) is 52.1 Å². The van der Waals surface area contributed by atoms with Crippen LogP contribution in [0.15, 0.2) is 30.3 Å². The molecule has 1 aromatic rings. The van der Waals surface area contributed by atoms with E-state index in [1.807, 2.05) is 42.2 Å². The second kappa shape index (κ2) is 6.82. The van der Waals surface area contributed by atoms with Crippen LogP contribution in [0, 0.1) is 17.3 Å². The molecule has 1 heterocycles. The highest BCUT2D eigenvalue weighted by atomic mass is 16.2. The van der Waals surface area contributed by atoms with Gasteiger partial charge in [0.15, 0.2) is 0 Å². The van der Waals surface area contributed by atoms with E-state index in [4.69, 9.17) is 5.73 Å². The van der Waals surface area contributed by atoms with Gasteiger partial charge in [0.2, 0.25) is 5.91 Å². The quantitative estimate of drug-likeness (QED) is 0.927. The number of carbonyl (C=O) groups is 1. The molecule has 22 heavy (non-hydrogen) atoms. The van der Waals surface area contributed by atoms with E-state index in [-0.39, 0.29) is 17.9 Å². The zero-order chi connectivity index (χ0) is 16.3. The largest absolute Gasteiger partial charge is 0.342 e. The number of piperidine rings is 1. The lowest BCUT2D eigenvalue weighted by molar-refractivity contribution is -0.137. The predicted octanol–water partition coefficient (Wildman–Crippen LogP) is 3.61. The minimum absolute atomic E-state index is 0.173. The van der Waals surface area contributed by atoms with Gasteiger partial charge in [-0.15, -0.1) is 0 Å². The van der Waals surface area contributed by atoms with Crippen molar-refractivity contribution < 1.29 is 4.79 Å². The van der Waals surface area contributed by atoms with Crippen LogP contribution < -0.4 is 5.73 Å². The van der Waals surface area contributed by atoms with Crippen molar-refractivity contribution in [3.05, 3.63) is 35.9 Å². The highest BCUT2D eigenvalue weighted by Crippen LogP contribution is 2.35. The van der Waals surface area contributed by atoms with Crippen molar-refractivity contribution in [2.75, 3.05) is 13.1 Å².